The molecular formula is C26H28N4O2. The third kappa shape index (κ3) is 3.20. The first-order valence-corrected chi connectivity index (χ1v) is 11.7. The van der Waals surface area contributed by atoms with Crippen molar-refractivity contribution in [2.24, 2.45) is 5.92 Å². The highest BCUT2D eigenvalue weighted by Gasteiger charge is 2.45. The summed E-state index contributed by atoms with van der Waals surface area (Å²) in [6, 6.07) is 16.8. The van der Waals surface area contributed by atoms with E-state index < -0.39 is 0 Å². The number of likely N-dealkylation sites (tertiary alicyclic amines) is 2. The summed E-state index contributed by atoms with van der Waals surface area (Å²) >= 11 is 0. The summed E-state index contributed by atoms with van der Waals surface area (Å²) in [6.07, 6.45) is 4.71. The molecule has 1 aliphatic carbocycles. The highest BCUT2D eigenvalue weighted by atomic mass is 16.2. The van der Waals surface area contributed by atoms with Gasteiger partial charge >= 0.3 is 0 Å². The van der Waals surface area contributed by atoms with Gasteiger partial charge in [-0.15, -0.1) is 0 Å². The zero-order valence-electron chi connectivity index (χ0n) is 18.4. The average molecular weight is 429 g/mol. The van der Waals surface area contributed by atoms with Gasteiger partial charge in [-0.3, -0.25) is 14.2 Å². The Balaban J connectivity index is 1.24. The van der Waals surface area contributed by atoms with E-state index in [2.05, 4.69) is 21.6 Å². The maximum atomic E-state index is 13.4. The Morgan fingerprint density at radius 2 is 1.84 bits per heavy atom. The molecule has 2 saturated heterocycles. The highest BCUT2D eigenvalue weighted by Crippen LogP contribution is 2.39. The first-order valence-electron chi connectivity index (χ1n) is 11.7. The number of hydrogen-bond acceptors (Lipinski definition) is 3. The summed E-state index contributed by atoms with van der Waals surface area (Å²) in [4.78, 5) is 34.7. The fourth-order valence-electron chi connectivity index (χ4n) is 5.72. The number of fused-ring (bicyclic) bond motifs is 2. The molecule has 3 fully saturated rings. The van der Waals surface area contributed by atoms with E-state index in [-0.39, 0.29) is 5.91 Å². The summed E-state index contributed by atoms with van der Waals surface area (Å²) in [6.45, 7) is 3.46. The predicted molar refractivity (Wildman–Crippen MR) is 123 cm³/mol. The molecule has 3 aliphatic rings. The molecule has 6 heteroatoms. The van der Waals surface area contributed by atoms with Crippen LogP contribution in [0.1, 0.15) is 48.3 Å². The summed E-state index contributed by atoms with van der Waals surface area (Å²) in [5, 5.41) is 0. The minimum atomic E-state index is 0.0761. The van der Waals surface area contributed by atoms with Gasteiger partial charge < -0.3 is 9.80 Å². The van der Waals surface area contributed by atoms with Crippen LogP contribution < -0.4 is 0 Å². The number of carbonyl (C=O) groups is 2. The number of para-hydroxylation sites is 1. The van der Waals surface area contributed by atoms with Crippen molar-refractivity contribution >= 4 is 22.8 Å². The number of piperidine rings is 2. The van der Waals surface area contributed by atoms with E-state index in [0.717, 1.165) is 54.8 Å². The SMILES string of the molecule is Cc1nc2cc(C(=O)N3CC[C@@H]4[C@H](CCC(=O)N4C4CC4)C3)ccc2n1-c1ccccc1. The lowest BCUT2D eigenvalue weighted by atomic mass is 9.83. The van der Waals surface area contributed by atoms with Crippen LogP contribution in [0, 0.1) is 12.8 Å². The predicted octanol–water partition coefficient (Wildman–Crippen LogP) is 3.95. The van der Waals surface area contributed by atoms with Gasteiger partial charge in [-0.2, -0.15) is 0 Å². The molecule has 2 aromatic carbocycles. The van der Waals surface area contributed by atoms with Gasteiger partial charge in [0.05, 0.1) is 11.0 Å². The van der Waals surface area contributed by atoms with Crippen LogP contribution >= 0.6 is 0 Å². The largest absolute Gasteiger partial charge is 0.338 e. The number of benzene rings is 2. The second kappa shape index (κ2) is 7.47. The Morgan fingerprint density at radius 3 is 2.62 bits per heavy atom. The number of imidazole rings is 1. The molecule has 164 valence electrons. The fourth-order valence-corrected chi connectivity index (χ4v) is 5.72. The van der Waals surface area contributed by atoms with E-state index in [4.69, 9.17) is 4.98 Å². The Morgan fingerprint density at radius 1 is 1.03 bits per heavy atom. The molecule has 32 heavy (non-hydrogen) atoms. The molecule has 2 amide bonds. The van der Waals surface area contributed by atoms with E-state index >= 15 is 0 Å². The second-order valence-corrected chi connectivity index (χ2v) is 9.47. The maximum Gasteiger partial charge on any atom is 0.253 e. The molecule has 3 heterocycles. The number of rotatable bonds is 3. The smallest absolute Gasteiger partial charge is 0.253 e. The van der Waals surface area contributed by atoms with Crippen molar-refractivity contribution in [2.75, 3.05) is 13.1 Å². The van der Waals surface area contributed by atoms with Crippen molar-refractivity contribution in [3.05, 3.63) is 59.9 Å². The van der Waals surface area contributed by atoms with Gasteiger partial charge in [-0.1, -0.05) is 18.2 Å². The number of aromatic nitrogens is 2. The average Bonchev–Trinajstić information content (AvgIpc) is 3.59. The molecule has 3 aromatic rings. The monoisotopic (exact) mass is 428 g/mol. The number of amides is 2. The fraction of sp³-hybridized carbons (Fsp3) is 0.423. The molecule has 0 unspecified atom stereocenters. The van der Waals surface area contributed by atoms with Gasteiger partial charge in [-0.05, 0) is 68.9 Å². The van der Waals surface area contributed by atoms with E-state index in [1.807, 2.05) is 48.2 Å². The van der Waals surface area contributed by atoms with Crippen LogP contribution in [-0.4, -0.2) is 56.3 Å². The minimum Gasteiger partial charge on any atom is -0.338 e. The second-order valence-electron chi connectivity index (χ2n) is 9.47. The Bertz CT molecular complexity index is 1200. The van der Waals surface area contributed by atoms with Crippen molar-refractivity contribution in [3.63, 3.8) is 0 Å². The number of carbonyl (C=O) groups excluding carboxylic acids is 2. The van der Waals surface area contributed by atoms with Crippen LogP contribution in [0.25, 0.3) is 16.7 Å². The standard InChI is InChI=1S/C26H28N4O2/c1-17-27-22-15-18(7-11-24(22)29(17)20-5-3-2-4-6-20)26(32)28-14-13-23-19(16-28)8-12-25(31)30(23)21-9-10-21/h2-7,11,15,19,21,23H,8-10,12-14,16H2,1H3/t19-,23-/m1/s1. The van der Waals surface area contributed by atoms with Crippen molar-refractivity contribution < 1.29 is 9.59 Å². The first-order chi connectivity index (χ1) is 15.6. The van der Waals surface area contributed by atoms with Crippen LogP contribution in [0.15, 0.2) is 48.5 Å². The molecule has 1 saturated carbocycles. The third-order valence-corrected chi connectivity index (χ3v) is 7.38. The van der Waals surface area contributed by atoms with E-state index in [1.54, 1.807) is 0 Å². The first kappa shape index (κ1) is 19.5. The van der Waals surface area contributed by atoms with Crippen LogP contribution in [-0.2, 0) is 4.79 Å². The normalized spacial score (nSPS) is 23.5. The van der Waals surface area contributed by atoms with E-state index in [0.29, 0.717) is 42.4 Å². The minimum absolute atomic E-state index is 0.0761. The van der Waals surface area contributed by atoms with Gasteiger partial charge in [0.25, 0.3) is 5.91 Å². The molecule has 0 spiro atoms. The molecule has 1 aromatic heterocycles. The van der Waals surface area contributed by atoms with Crippen LogP contribution in [0.2, 0.25) is 0 Å². The van der Waals surface area contributed by atoms with Crippen LogP contribution in [0.3, 0.4) is 0 Å². The lowest BCUT2D eigenvalue weighted by Gasteiger charge is -2.47. The van der Waals surface area contributed by atoms with Crippen molar-refractivity contribution in [1.29, 1.82) is 0 Å². The maximum absolute atomic E-state index is 13.4. The lowest BCUT2D eigenvalue weighted by Crippen LogP contribution is -2.57. The molecule has 2 atom stereocenters. The lowest BCUT2D eigenvalue weighted by molar-refractivity contribution is -0.141. The molecule has 0 bridgehead atoms. The van der Waals surface area contributed by atoms with E-state index in [9.17, 15) is 9.59 Å². The quantitative estimate of drug-likeness (QED) is 0.635. The molecule has 6 rings (SSSR count). The van der Waals surface area contributed by atoms with Crippen LogP contribution in [0.5, 0.6) is 0 Å². The third-order valence-electron chi connectivity index (χ3n) is 7.38. The highest BCUT2D eigenvalue weighted by molar-refractivity contribution is 5.97. The Kier molecular flexibility index (Phi) is 4.56. The Hall–Kier alpha value is -3.15. The zero-order valence-corrected chi connectivity index (χ0v) is 18.4. The molecule has 0 N–H and O–H groups in total. The van der Waals surface area contributed by atoms with Gasteiger partial charge in [0.2, 0.25) is 5.91 Å². The van der Waals surface area contributed by atoms with Crippen molar-refractivity contribution in [3.8, 4) is 5.69 Å². The number of nitrogens with zero attached hydrogens (tertiary/aromatic N) is 4. The van der Waals surface area contributed by atoms with E-state index in [1.165, 1.54) is 0 Å². The van der Waals surface area contributed by atoms with Crippen molar-refractivity contribution in [1.82, 2.24) is 19.4 Å². The molecule has 2 aliphatic heterocycles. The summed E-state index contributed by atoms with van der Waals surface area (Å²) < 4.78 is 2.13. The number of aryl methyl sites for hydroxylation is 1. The van der Waals surface area contributed by atoms with Gasteiger partial charge in [0.1, 0.15) is 5.82 Å². The summed E-state index contributed by atoms with van der Waals surface area (Å²) in [5.74, 6) is 1.70. The summed E-state index contributed by atoms with van der Waals surface area (Å²) in [5.41, 5.74) is 3.62. The molecule has 0 radical (unpaired) electrons. The topological polar surface area (TPSA) is 58.4 Å². The molecular weight excluding hydrogens is 400 g/mol. The van der Waals surface area contributed by atoms with Gasteiger partial charge in [0.15, 0.2) is 0 Å². The van der Waals surface area contributed by atoms with Gasteiger partial charge in [-0.25, -0.2) is 4.98 Å². The summed E-state index contributed by atoms with van der Waals surface area (Å²) in [7, 11) is 0. The molecule has 6 nitrogen and oxygen atoms in total. The number of hydrogen-bond donors (Lipinski definition) is 0. The van der Waals surface area contributed by atoms with Crippen LogP contribution in [0.4, 0.5) is 0 Å². The van der Waals surface area contributed by atoms with Gasteiger partial charge in [0, 0.05) is 42.8 Å². The van der Waals surface area contributed by atoms with Crippen molar-refractivity contribution in [2.45, 2.75) is 51.1 Å². The Labute approximate surface area is 187 Å². The zero-order chi connectivity index (χ0) is 21.8.